The van der Waals surface area contributed by atoms with E-state index in [1.807, 2.05) is 0 Å². The van der Waals surface area contributed by atoms with Crippen molar-refractivity contribution in [3.8, 4) is 0 Å². The van der Waals surface area contributed by atoms with Crippen LogP contribution in [0.25, 0.3) is 0 Å². The third-order valence-corrected chi connectivity index (χ3v) is 5.77. The fourth-order valence-electron chi connectivity index (χ4n) is 5.13. The van der Waals surface area contributed by atoms with Crippen molar-refractivity contribution in [1.29, 1.82) is 0 Å². The summed E-state index contributed by atoms with van der Waals surface area (Å²) in [7, 11) is 0. The van der Waals surface area contributed by atoms with Gasteiger partial charge in [0.2, 0.25) is 0 Å². The molecule has 15 heavy (non-hydrogen) atoms. The van der Waals surface area contributed by atoms with Gasteiger partial charge < -0.3 is 10.2 Å². The van der Waals surface area contributed by atoms with E-state index in [0.29, 0.717) is 12.5 Å². The first-order chi connectivity index (χ1) is 7.31. The van der Waals surface area contributed by atoms with Gasteiger partial charge in [-0.05, 0) is 55.8 Å². The molecule has 2 N–H and O–H groups in total. The van der Waals surface area contributed by atoms with Crippen molar-refractivity contribution in [2.75, 3.05) is 13.2 Å². The second kappa shape index (κ2) is 3.46. The van der Waals surface area contributed by atoms with Gasteiger partial charge in [-0.2, -0.15) is 0 Å². The molecule has 0 saturated heterocycles. The fraction of sp³-hybridized carbons (Fsp3) is 1.00. The predicted octanol–water partition coefficient (Wildman–Crippen LogP) is 1.80. The standard InChI is InChI=1S/C13H22O2/c14-7-10-2-1-3-11-9-4-5-12(11)13(10,6-9)8-15/h9-12,14-15H,1-8H2. The van der Waals surface area contributed by atoms with Crippen molar-refractivity contribution in [3.63, 3.8) is 0 Å². The Balaban J connectivity index is 1.96. The zero-order valence-electron chi connectivity index (χ0n) is 9.36. The van der Waals surface area contributed by atoms with Crippen LogP contribution in [0.4, 0.5) is 0 Å². The minimum atomic E-state index is 0.110. The molecule has 3 saturated carbocycles. The highest BCUT2D eigenvalue weighted by atomic mass is 16.3. The van der Waals surface area contributed by atoms with Crippen molar-refractivity contribution < 1.29 is 10.2 Å². The molecule has 3 fully saturated rings. The Bertz CT molecular complexity index is 253. The lowest BCUT2D eigenvalue weighted by Crippen LogP contribution is -2.41. The molecule has 4 bridgehead atoms. The first-order valence-electron chi connectivity index (χ1n) is 6.53. The van der Waals surface area contributed by atoms with Gasteiger partial charge in [0.15, 0.2) is 0 Å². The maximum atomic E-state index is 9.81. The first kappa shape index (κ1) is 10.1. The van der Waals surface area contributed by atoms with Gasteiger partial charge in [0.05, 0.1) is 0 Å². The average molecular weight is 210 g/mol. The molecule has 86 valence electrons. The van der Waals surface area contributed by atoms with Crippen LogP contribution in [0.5, 0.6) is 0 Å². The van der Waals surface area contributed by atoms with Crippen molar-refractivity contribution in [2.45, 2.75) is 38.5 Å². The maximum Gasteiger partial charge on any atom is 0.0493 e. The van der Waals surface area contributed by atoms with Crippen LogP contribution in [0, 0.1) is 29.1 Å². The summed E-state index contributed by atoms with van der Waals surface area (Å²) in [5.74, 6) is 2.86. The Morgan fingerprint density at radius 2 is 1.93 bits per heavy atom. The zero-order chi connectivity index (χ0) is 10.5. The highest BCUT2D eigenvalue weighted by Crippen LogP contribution is 2.65. The maximum absolute atomic E-state index is 9.81. The molecule has 0 amide bonds. The minimum Gasteiger partial charge on any atom is -0.396 e. The second-order valence-corrected chi connectivity index (χ2v) is 6.01. The number of rotatable bonds is 2. The van der Waals surface area contributed by atoms with Crippen molar-refractivity contribution in [1.82, 2.24) is 0 Å². The van der Waals surface area contributed by atoms with Gasteiger partial charge in [0.1, 0.15) is 0 Å². The quantitative estimate of drug-likeness (QED) is 0.729. The molecule has 0 aromatic heterocycles. The van der Waals surface area contributed by atoms with Crippen LogP contribution in [-0.4, -0.2) is 23.4 Å². The molecule has 0 heterocycles. The Labute approximate surface area is 91.7 Å². The first-order valence-corrected chi connectivity index (χ1v) is 6.53. The molecule has 3 aliphatic rings. The molecule has 3 aliphatic carbocycles. The SMILES string of the molecule is OCC1CCCC2C3CCC2C1(CO)C3. The van der Waals surface area contributed by atoms with E-state index in [2.05, 4.69) is 0 Å². The van der Waals surface area contributed by atoms with Gasteiger partial charge in [-0.15, -0.1) is 0 Å². The Morgan fingerprint density at radius 1 is 1.07 bits per heavy atom. The third-order valence-electron chi connectivity index (χ3n) is 5.77. The van der Waals surface area contributed by atoms with E-state index in [4.69, 9.17) is 0 Å². The van der Waals surface area contributed by atoms with Crippen molar-refractivity contribution in [3.05, 3.63) is 0 Å². The van der Waals surface area contributed by atoms with Crippen molar-refractivity contribution >= 4 is 0 Å². The molecule has 3 rings (SSSR count). The number of aliphatic hydroxyl groups is 2. The minimum absolute atomic E-state index is 0.110. The lowest BCUT2D eigenvalue weighted by molar-refractivity contribution is -0.0199. The second-order valence-electron chi connectivity index (χ2n) is 6.01. The molecule has 0 spiro atoms. The normalized spacial score (nSPS) is 53.2. The largest absolute Gasteiger partial charge is 0.396 e. The topological polar surface area (TPSA) is 40.5 Å². The van der Waals surface area contributed by atoms with Crippen LogP contribution in [0.15, 0.2) is 0 Å². The van der Waals surface area contributed by atoms with Crippen LogP contribution in [0.1, 0.15) is 38.5 Å². The van der Waals surface area contributed by atoms with E-state index in [-0.39, 0.29) is 12.0 Å². The summed E-state index contributed by atoms with van der Waals surface area (Å²) in [5.41, 5.74) is 0.110. The molecule has 0 aromatic rings. The highest BCUT2D eigenvalue weighted by molar-refractivity contribution is 5.08. The molecule has 0 radical (unpaired) electrons. The van der Waals surface area contributed by atoms with E-state index in [0.717, 1.165) is 24.2 Å². The molecular weight excluding hydrogens is 188 g/mol. The monoisotopic (exact) mass is 210 g/mol. The van der Waals surface area contributed by atoms with Gasteiger partial charge in [-0.1, -0.05) is 6.42 Å². The van der Waals surface area contributed by atoms with Gasteiger partial charge in [-0.25, -0.2) is 0 Å². The average Bonchev–Trinajstić information content (AvgIpc) is 2.71. The summed E-state index contributed by atoms with van der Waals surface area (Å²) in [4.78, 5) is 0. The summed E-state index contributed by atoms with van der Waals surface area (Å²) >= 11 is 0. The fourth-order valence-corrected chi connectivity index (χ4v) is 5.13. The van der Waals surface area contributed by atoms with Gasteiger partial charge >= 0.3 is 0 Å². The van der Waals surface area contributed by atoms with Crippen LogP contribution >= 0.6 is 0 Å². The number of aliphatic hydroxyl groups excluding tert-OH is 2. The lowest BCUT2D eigenvalue weighted by Gasteiger charge is -2.42. The number of hydrogen-bond donors (Lipinski definition) is 2. The highest BCUT2D eigenvalue weighted by Gasteiger charge is 2.59. The summed E-state index contributed by atoms with van der Waals surface area (Å²) in [5, 5.41) is 19.4. The molecule has 2 heteroatoms. The third kappa shape index (κ3) is 1.18. The Hall–Kier alpha value is -0.0800. The zero-order valence-corrected chi connectivity index (χ0v) is 9.36. The molecular formula is C13H22O2. The summed E-state index contributed by atoms with van der Waals surface area (Å²) in [6.45, 7) is 0.604. The smallest absolute Gasteiger partial charge is 0.0493 e. The van der Waals surface area contributed by atoms with Gasteiger partial charge in [-0.3, -0.25) is 0 Å². The van der Waals surface area contributed by atoms with Crippen LogP contribution in [0.2, 0.25) is 0 Å². The van der Waals surface area contributed by atoms with Crippen LogP contribution < -0.4 is 0 Å². The molecule has 0 aromatic carbocycles. The van der Waals surface area contributed by atoms with E-state index < -0.39 is 0 Å². The molecule has 5 unspecified atom stereocenters. The summed E-state index contributed by atoms with van der Waals surface area (Å²) in [6, 6.07) is 0. The van der Waals surface area contributed by atoms with Crippen LogP contribution in [0.3, 0.4) is 0 Å². The molecule has 5 atom stereocenters. The summed E-state index contributed by atoms with van der Waals surface area (Å²) in [6.07, 6.45) is 7.65. The van der Waals surface area contributed by atoms with Gasteiger partial charge in [0, 0.05) is 18.6 Å². The molecule has 0 aliphatic heterocycles. The van der Waals surface area contributed by atoms with Gasteiger partial charge in [0.25, 0.3) is 0 Å². The Morgan fingerprint density at radius 3 is 2.67 bits per heavy atom. The van der Waals surface area contributed by atoms with E-state index >= 15 is 0 Å². The van der Waals surface area contributed by atoms with Crippen LogP contribution in [-0.2, 0) is 0 Å². The molecule has 2 nitrogen and oxygen atoms in total. The lowest BCUT2D eigenvalue weighted by atomic mass is 9.65. The predicted molar refractivity (Wildman–Crippen MR) is 58.3 cm³/mol. The van der Waals surface area contributed by atoms with Crippen molar-refractivity contribution in [2.24, 2.45) is 29.1 Å². The summed E-state index contributed by atoms with van der Waals surface area (Å²) < 4.78 is 0. The van der Waals surface area contributed by atoms with E-state index in [1.54, 1.807) is 0 Å². The van der Waals surface area contributed by atoms with E-state index in [1.165, 1.54) is 32.1 Å². The van der Waals surface area contributed by atoms with E-state index in [9.17, 15) is 10.2 Å². The number of hydrogen-bond acceptors (Lipinski definition) is 2. The Kier molecular flexibility index (Phi) is 2.33.